The van der Waals surface area contributed by atoms with Crippen molar-refractivity contribution in [1.29, 1.82) is 0 Å². The van der Waals surface area contributed by atoms with E-state index in [0.717, 1.165) is 13.1 Å². The predicted octanol–water partition coefficient (Wildman–Crippen LogP) is 2.73. The molecule has 0 saturated carbocycles. The molecule has 90 valence electrons. The summed E-state index contributed by atoms with van der Waals surface area (Å²) < 4.78 is 2.19. The Morgan fingerprint density at radius 2 is 1.94 bits per heavy atom. The fourth-order valence-electron chi connectivity index (χ4n) is 1.75. The Morgan fingerprint density at radius 3 is 2.71 bits per heavy atom. The number of rotatable bonds is 6. The minimum atomic E-state index is 0.591. The van der Waals surface area contributed by atoms with E-state index in [0.29, 0.717) is 6.61 Å². The molecule has 1 aromatic heterocycles. The maximum atomic E-state index is 5.43. The van der Waals surface area contributed by atoms with Crippen molar-refractivity contribution in [1.82, 2.24) is 10.0 Å². The number of hydroxylamine groups is 1. The number of aromatic nitrogens is 1. The second-order valence-electron chi connectivity index (χ2n) is 3.88. The van der Waals surface area contributed by atoms with E-state index in [1.54, 1.807) is 0 Å². The van der Waals surface area contributed by atoms with Crippen molar-refractivity contribution in [3.63, 3.8) is 0 Å². The predicted molar refractivity (Wildman–Crippen MR) is 68.2 cm³/mol. The Hall–Kier alpha value is -1.58. The summed E-state index contributed by atoms with van der Waals surface area (Å²) in [6, 6.07) is 14.3. The minimum Gasteiger partial charge on any atom is -0.350 e. The Kier molecular flexibility index (Phi) is 4.36. The van der Waals surface area contributed by atoms with Crippen LogP contribution in [0.5, 0.6) is 0 Å². The summed E-state index contributed by atoms with van der Waals surface area (Å²) in [5.74, 6) is 0. The van der Waals surface area contributed by atoms with Gasteiger partial charge in [0.25, 0.3) is 0 Å². The van der Waals surface area contributed by atoms with Gasteiger partial charge in [0.2, 0.25) is 0 Å². The third-order valence-corrected chi connectivity index (χ3v) is 2.70. The molecule has 2 rings (SSSR count). The van der Waals surface area contributed by atoms with Gasteiger partial charge in [-0.2, -0.15) is 5.48 Å². The lowest BCUT2D eigenvalue weighted by molar-refractivity contribution is 0.0223. The van der Waals surface area contributed by atoms with Gasteiger partial charge in [0.1, 0.15) is 0 Å². The monoisotopic (exact) mass is 230 g/mol. The van der Waals surface area contributed by atoms with Gasteiger partial charge < -0.3 is 4.57 Å². The van der Waals surface area contributed by atoms with Crippen molar-refractivity contribution >= 4 is 0 Å². The van der Waals surface area contributed by atoms with Gasteiger partial charge in [-0.25, -0.2) is 0 Å². The van der Waals surface area contributed by atoms with E-state index in [9.17, 15) is 0 Å². The molecule has 0 spiro atoms. The molecule has 1 heterocycles. The molecular weight excluding hydrogens is 212 g/mol. The molecule has 0 aliphatic rings. The minimum absolute atomic E-state index is 0.591. The van der Waals surface area contributed by atoms with Crippen LogP contribution in [0, 0.1) is 0 Å². The zero-order chi connectivity index (χ0) is 11.9. The molecule has 1 N–H and O–H groups in total. The van der Waals surface area contributed by atoms with E-state index < -0.39 is 0 Å². The SMILES string of the molecule is CCn1cccc1CNOCc1ccccc1. The molecule has 2 aromatic rings. The van der Waals surface area contributed by atoms with E-state index in [4.69, 9.17) is 4.84 Å². The van der Waals surface area contributed by atoms with Crippen molar-refractivity contribution in [3.8, 4) is 0 Å². The Bertz CT molecular complexity index is 436. The average molecular weight is 230 g/mol. The van der Waals surface area contributed by atoms with Crippen molar-refractivity contribution in [2.24, 2.45) is 0 Å². The normalized spacial score (nSPS) is 10.6. The number of nitrogens with one attached hydrogen (secondary N) is 1. The third-order valence-electron chi connectivity index (χ3n) is 2.70. The molecular formula is C14H18N2O. The first-order valence-electron chi connectivity index (χ1n) is 5.92. The smallest absolute Gasteiger partial charge is 0.0933 e. The number of aryl methyl sites for hydroxylation is 1. The molecule has 0 aliphatic heterocycles. The molecule has 3 heteroatoms. The number of benzene rings is 1. The topological polar surface area (TPSA) is 26.2 Å². The number of hydrogen-bond donors (Lipinski definition) is 1. The zero-order valence-corrected chi connectivity index (χ0v) is 10.1. The van der Waals surface area contributed by atoms with Crippen LogP contribution in [0.25, 0.3) is 0 Å². The lowest BCUT2D eigenvalue weighted by atomic mass is 10.2. The third kappa shape index (κ3) is 3.44. The van der Waals surface area contributed by atoms with Gasteiger partial charge >= 0.3 is 0 Å². The van der Waals surface area contributed by atoms with Crippen molar-refractivity contribution < 1.29 is 4.84 Å². The van der Waals surface area contributed by atoms with Gasteiger partial charge in [-0.1, -0.05) is 30.3 Å². The fourth-order valence-corrected chi connectivity index (χ4v) is 1.75. The highest BCUT2D eigenvalue weighted by Gasteiger charge is 1.98. The lowest BCUT2D eigenvalue weighted by Gasteiger charge is -2.08. The van der Waals surface area contributed by atoms with Crippen LogP contribution in [0.3, 0.4) is 0 Å². The highest BCUT2D eigenvalue weighted by Crippen LogP contribution is 2.03. The van der Waals surface area contributed by atoms with Gasteiger partial charge in [-0.15, -0.1) is 0 Å². The lowest BCUT2D eigenvalue weighted by Crippen LogP contribution is -2.16. The fraction of sp³-hybridized carbons (Fsp3) is 0.286. The highest BCUT2D eigenvalue weighted by molar-refractivity contribution is 5.13. The van der Waals surface area contributed by atoms with Crippen LogP contribution in [0.4, 0.5) is 0 Å². The second-order valence-corrected chi connectivity index (χ2v) is 3.88. The van der Waals surface area contributed by atoms with Crippen molar-refractivity contribution in [2.45, 2.75) is 26.6 Å². The molecule has 17 heavy (non-hydrogen) atoms. The van der Waals surface area contributed by atoms with Crippen LogP contribution < -0.4 is 5.48 Å². The average Bonchev–Trinajstić information content (AvgIpc) is 2.83. The van der Waals surface area contributed by atoms with Gasteiger partial charge in [-0.05, 0) is 24.6 Å². The molecule has 0 radical (unpaired) electrons. The molecule has 0 amide bonds. The molecule has 0 aliphatic carbocycles. The van der Waals surface area contributed by atoms with E-state index in [1.807, 2.05) is 18.2 Å². The summed E-state index contributed by atoms with van der Waals surface area (Å²) in [4.78, 5) is 5.43. The molecule has 0 atom stereocenters. The van der Waals surface area contributed by atoms with Gasteiger partial charge in [-0.3, -0.25) is 4.84 Å². The maximum Gasteiger partial charge on any atom is 0.0933 e. The molecule has 0 unspecified atom stereocenters. The van der Waals surface area contributed by atoms with Crippen LogP contribution >= 0.6 is 0 Å². The molecule has 3 nitrogen and oxygen atoms in total. The summed E-state index contributed by atoms with van der Waals surface area (Å²) >= 11 is 0. The van der Waals surface area contributed by atoms with Crippen molar-refractivity contribution in [2.75, 3.05) is 0 Å². The number of nitrogens with zero attached hydrogens (tertiary/aromatic N) is 1. The molecule has 0 bridgehead atoms. The van der Waals surface area contributed by atoms with Crippen LogP contribution in [0.2, 0.25) is 0 Å². The molecule has 0 saturated heterocycles. The maximum absolute atomic E-state index is 5.43. The summed E-state index contributed by atoms with van der Waals surface area (Å²) in [6.07, 6.45) is 2.08. The standard InChI is InChI=1S/C14H18N2O/c1-2-16-10-6-9-14(16)11-15-17-12-13-7-4-3-5-8-13/h3-10,15H,2,11-12H2,1H3. The summed E-state index contributed by atoms with van der Waals surface area (Å²) in [5.41, 5.74) is 5.40. The summed E-state index contributed by atoms with van der Waals surface area (Å²) in [5, 5.41) is 0. The van der Waals surface area contributed by atoms with Crippen LogP contribution in [0.15, 0.2) is 48.7 Å². The Labute approximate surface area is 102 Å². The van der Waals surface area contributed by atoms with Crippen LogP contribution in [0.1, 0.15) is 18.2 Å². The second kappa shape index (κ2) is 6.23. The zero-order valence-electron chi connectivity index (χ0n) is 10.1. The van der Waals surface area contributed by atoms with Gasteiger partial charge in [0, 0.05) is 18.4 Å². The first-order valence-corrected chi connectivity index (χ1v) is 5.92. The van der Waals surface area contributed by atoms with Crippen LogP contribution in [-0.4, -0.2) is 4.57 Å². The molecule has 0 fully saturated rings. The Balaban J connectivity index is 1.73. The molecule has 1 aromatic carbocycles. The number of hydrogen-bond acceptors (Lipinski definition) is 2. The largest absolute Gasteiger partial charge is 0.350 e. The summed E-state index contributed by atoms with van der Waals surface area (Å²) in [7, 11) is 0. The first-order chi connectivity index (χ1) is 8.40. The highest BCUT2D eigenvalue weighted by atomic mass is 16.6. The van der Waals surface area contributed by atoms with E-state index >= 15 is 0 Å². The van der Waals surface area contributed by atoms with Crippen LogP contribution in [-0.2, 0) is 24.5 Å². The summed E-state index contributed by atoms with van der Waals surface area (Å²) in [6.45, 7) is 4.44. The van der Waals surface area contributed by atoms with Gasteiger partial charge in [0.05, 0.1) is 13.2 Å². The quantitative estimate of drug-likeness (QED) is 0.610. The Morgan fingerprint density at radius 1 is 1.12 bits per heavy atom. The van der Waals surface area contributed by atoms with Crippen molar-refractivity contribution in [3.05, 3.63) is 59.9 Å². The van der Waals surface area contributed by atoms with E-state index in [1.165, 1.54) is 11.3 Å². The van der Waals surface area contributed by atoms with Gasteiger partial charge in [0.15, 0.2) is 0 Å². The first kappa shape index (κ1) is 11.9. The van der Waals surface area contributed by atoms with E-state index in [-0.39, 0.29) is 0 Å². The van der Waals surface area contributed by atoms with E-state index in [2.05, 4.69) is 47.4 Å².